The number of nitrogens with one attached hydrogen (secondary N) is 1. The van der Waals surface area contributed by atoms with Crippen molar-refractivity contribution in [2.24, 2.45) is 5.73 Å². The molecule has 4 aromatic rings. The number of hydrogen-bond acceptors (Lipinski definition) is 3. The summed E-state index contributed by atoms with van der Waals surface area (Å²) < 4.78 is 2.29. The van der Waals surface area contributed by atoms with Gasteiger partial charge in [0.2, 0.25) is 0 Å². The standard InChI is InChI=1S/C16H14ClN.C5H7N3O/c1-12-10-18(16-5-3-2-4-15(12)16)11-13-6-8-14(17)9-7-13;6-1-4-2-7-5(3-9)8-4/h2-10H,11H2,1H3;2-3H,1,6H2,(H,7,8). The van der Waals surface area contributed by atoms with Gasteiger partial charge in [0.25, 0.3) is 0 Å². The van der Waals surface area contributed by atoms with Gasteiger partial charge in [0.1, 0.15) is 0 Å². The molecule has 0 atom stereocenters. The quantitative estimate of drug-likeness (QED) is 0.517. The molecule has 0 bridgehead atoms. The number of carbonyl (C=O) groups excluding carboxylic acids is 1. The van der Waals surface area contributed by atoms with Crippen LogP contribution >= 0.6 is 11.6 Å². The topological polar surface area (TPSA) is 76.7 Å². The van der Waals surface area contributed by atoms with Crippen molar-refractivity contribution in [3.63, 3.8) is 0 Å². The first-order valence-corrected chi connectivity index (χ1v) is 8.96. The molecule has 0 fully saturated rings. The third kappa shape index (κ3) is 4.64. The summed E-state index contributed by atoms with van der Waals surface area (Å²) in [7, 11) is 0. The van der Waals surface area contributed by atoms with E-state index in [9.17, 15) is 4.79 Å². The maximum Gasteiger partial charge on any atom is 0.185 e. The highest BCUT2D eigenvalue weighted by Crippen LogP contribution is 2.21. The van der Waals surface area contributed by atoms with E-state index in [-0.39, 0.29) is 0 Å². The van der Waals surface area contributed by atoms with Crippen LogP contribution in [0.1, 0.15) is 27.4 Å². The third-order valence-corrected chi connectivity index (χ3v) is 4.49. The highest BCUT2D eigenvalue weighted by Gasteiger charge is 2.04. The number of nitrogens with two attached hydrogens (primary N) is 1. The zero-order valence-electron chi connectivity index (χ0n) is 15.0. The third-order valence-electron chi connectivity index (χ3n) is 4.23. The second-order valence-electron chi connectivity index (χ2n) is 6.20. The largest absolute Gasteiger partial charge is 0.343 e. The van der Waals surface area contributed by atoms with Gasteiger partial charge in [-0.15, -0.1) is 0 Å². The predicted octanol–water partition coefficient (Wildman–Crippen LogP) is 4.33. The maximum atomic E-state index is 10.0. The van der Waals surface area contributed by atoms with E-state index in [1.165, 1.54) is 22.0 Å². The first-order valence-electron chi connectivity index (χ1n) is 8.58. The highest BCUT2D eigenvalue weighted by molar-refractivity contribution is 6.30. The molecule has 0 amide bonds. The molecule has 0 unspecified atom stereocenters. The zero-order valence-corrected chi connectivity index (χ0v) is 15.8. The van der Waals surface area contributed by atoms with E-state index in [0.717, 1.165) is 17.3 Å². The SMILES string of the molecule is Cc1cn(Cc2ccc(Cl)cc2)c2ccccc12.NCc1cnc(C=O)[nH]1. The lowest BCUT2D eigenvalue weighted by Crippen LogP contribution is -1.97. The van der Waals surface area contributed by atoms with E-state index in [0.29, 0.717) is 18.7 Å². The number of halogens is 1. The molecule has 0 aliphatic rings. The summed E-state index contributed by atoms with van der Waals surface area (Å²) in [5, 5.41) is 2.11. The van der Waals surface area contributed by atoms with E-state index in [1.54, 1.807) is 6.20 Å². The minimum Gasteiger partial charge on any atom is -0.343 e. The minimum absolute atomic E-state index is 0.329. The number of imidazole rings is 1. The van der Waals surface area contributed by atoms with Crippen LogP contribution in [-0.2, 0) is 13.1 Å². The molecule has 0 spiro atoms. The second-order valence-corrected chi connectivity index (χ2v) is 6.64. The van der Waals surface area contributed by atoms with Crippen LogP contribution in [-0.4, -0.2) is 20.8 Å². The molecule has 3 N–H and O–H groups in total. The Morgan fingerprint density at radius 2 is 1.93 bits per heavy atom. The maximum absolute atomic E-state index is 10.0. The summed E-state index contributed by atoms with van der Waals surface area (Å²) in [6, 6.07) is 16.5. The molecule has 4 rings (SSSR count). The van der Waals surface area contributed by atoms with Crippen LogP contribution in [0, 0.1) is 6.92 Å². The summed E-state index contributed by atoms with van der Waals surface area (Å²) in [6.07, 6.45) is 4.40. The molecule has 6 heteroatoms. The average Bonchev–Trinajstić information content (AvgIpc) is 3.29. The fourth-order valence-corrected chi connectivity index (χ4v) is 3.01. The normalized spacial score (nSPS) is 10.5. The minimum atomic E-state index is 0.329. The van der Waals surface area contributed by atoms with Crippen molar-refractivity contribution in [2.45, 2.75) is 20.0 Å². The molecule has 2 aromatic carbocycles. The van der Waals surface area contributed by atoms with Crippen molar-refractivity contribution in [3.05, 3.63) is 88.6 Å². The van der Waals surface area contributed by atoms with Crippen molar-refractivity contribution >= 4 is 28.8 Å². The Kier molecular flexibility index (Phi) is 6.06. The number of H-pyrrole nitrogens is 1. The predicted molar refractivity (Wildman–Crippen MR) is 109 cm³/mol. The number of aromatic amines is 1. The van der Waals surface area contributed by atoms with Gasteiger partial charge in [-0.05, 0) is 36.2 Å². The van der Waals surface area contributed by atoms with Gasteiger partial charge in [-0.25, -0.2) is 4.98 Å². The average molecular weight is 381 g/mol. The number of aryl methyl sites for hydroxylation is 1. The summed E-state index contributed by atoms with van der Waals surface area (Å²) >= 11 is 5.91. The Morgan fingerprint density at radius 1 is 1.19 bits per heavy atom. The number of hydrogen-bond donors (Lipinski definition) is 2. The lowest BCUT2D eigenvalue weighted by molar-refractivity contribution is 0.111. The van der Waals surface area contributed by atoms with E-state index in [4.69, 9.17) is 17.3 Å². The van der Waals surface area contributed by atoms with Gasteiger partial charge in [-0.3, -0.25) is 4.79 Å². The number of nitrogens with zero attached hydrogens (tertiary/aromatic N) is 2. The van der Waals surface area contributed by atoms with Crippen molar-refractivity contribution in [3.8, 4) is 0 Å². The fraction of sp³-hybridized carbons (Fsp3) is 0.143. The molecule has 0 aliphatic carbocycles. The summed E-state index contributed by atoms with van der Waals surface area (Å²) in [5.74, 6) is 0.329. The number of fused-ring (bicyclic) bond motifs is 1. The number of rotatable bonds is 4. The van der Waals surface area contributed by atoms with Gasteiger partial charge >= 0.3 is 0 Å². The van der Waals surface area contributed by atoms with Gasteiger partial charge in [-0.2, -0.15) is 0 Å². The molecular formula is C21H21ClN4O. The van der Waals surface area contributed by atoms with Crippen LogP contribution < -0.4 is 5.73 Å². The Hall–Kier alpha value is -2.89. The van der Waals surface area contributed by atoms with Crippen molar-refractivity contribution in [2.75, 3.05) is 0 Å². The molecule has 0 aliphatic heterocycles. The van der Waals surface area contributed by atoms with Crippen molar-refractivity contribution in [1.29, 1.82) is 0 Å². The lowest BCUT2D eigenvalue weighted by atomic mass is 10.2. The molecule has 2 heterocycles. The van der Waals surface area contributed by atoms with Gasteiger partial charge in [-0.1, -0.05) is 41.9 Å². The molecule has 0 saturated carbocycles. The first-order chi connectivity index (χ1) is 13.1. The molecule has 2 aromatic heterocycles. The Morgan fingerprint density at radius 3 is 2.56 bits per heavy atom. The molecule has 138 valence electrons. The summed E-state index contributed by atoms with van der Waals surface area (Å²) in [6.45, 7) is 3.42. The number of carbonyl (C=O) groups is 1. The molecule has 5 nitrogen and oxygen atoms in total. The molecule has 27 heavy (non-hydrogen) atoms. The van der Waals surface area contributed by atoms with Crippen molar-refractivity contribution < 1.29 is 4.79 Å². The smallest absolute Gasteiger partial charge is 0.185 e. The van der Waals surface area contributed by atoms with Crippen LogP contribution in [0.4, 0.5) is 0 Å². The molecule has 0 saturated heterocycles. The van der Waals surface area contributed by atoms with Gasteiger partial charge in [0.15, 0.2) is 12.1 Å². The van der Waals surface area contributed by atoms with Crippen molar-refractivity contribution in [1.82, 2.24) is 14.5 Å². The number of aldehydes is 1. The monoisotopic (exact) mass is 380 g/mol. The second kappa shape index (κ2) is 8.66. The number of benzene rings is 2. The number of aromatic nitrogens is 3. The number of para-hydroxylation sites is 1. The van der Waals surface area contributed by atoms with Gasteiger partial charge in [0, 0.05) is 40.9 Å². The molecule has 0 radical (unpaired) electrons. The lowest BCUT2D eigenvalue weighted by Gasteiger charge is -2.05. The summed E-state index contributed by atoms with van der Waals surface area (Å²) in [5.41, 5.74) is 9.87. The van der Waals surface area contributed by atoms with Crippen LogP contribution in [0.3, 0.4) is 0 Å². The van der Waals surface area contributed by atoms with E-state index >= 15 is 0 Å². The van der Waals surface area contributed by atoms with E-state index < -0.39 is 0 Å². The van der Waals surface area contributed by atoms with E-state index in [2.05, 4.69) is 64.1 Å². The Bertz CT molecular complexity index is 1030. The zero-order chi connectivity index (χ0) is 19.2. The summed E-state index contributed by atoms with van der Waals surface area (Å²) in [4.78, 5) is 16.4. The fourth-order valence-electron chi connectivity index (χ4n) is 2.89. The van der Waals surface area contributed by atoms with E-state index in [1.807, 2.05) is 12.1 Å². The first kappa shape index (κ1) is 18.9. The Labute approximate surface area is 162 Å². The van der Waals surface area contributed by atoms with Crippen LogP contribution in [0.2, 0.25) is 5.02 Å². The van der Waals surface area contributed by atoms with Crippen LogP contribution in [0.5, 0.6) is 0 Å². The van der Waals surface area contributed by atoms with Crippen LogP contribution in [0.25, 0.3) is 10.9 Å². The highest BCUT2D eigenvalue weighted by atomic mass is 35.5. The van der Waals surface area contributed by atoms with Gasteiger partial charge in [0.05, 0.1) is 6.20 Å². The Balaban J connectivity index is 0.000000197. The van der Waals surface area contributed by atoms with Gasteiger partial charge < -0.3 is 15.3 Å². The molecular weight excluding hydrogens is 360 g/mol. The van der Waals surface area contributed by atoms with Crippen LogP contribution in [0.15, 0.2) is 60.9 Å².